The number of halogens is 1. The van der Waals surface area contributed by atoms with Crippen molar-refractivity contribution in [2.24, 2.45) is 0 Å². The van der Waals surface area contributed by atoms with E-state index in [1.165, 1.54) is 4.70 Å². The van der Waals surface area contributed by atoms with Crippen molar-refractivity contribution in [3.63, 3.8) is 0 Å². The van der Waals surface area contributed by atoms with E-state index in [2.05, 4.69) is 21.7 Å². The number of amides is 1. The monoisotopic (exact) mass is 481 g/mol. The molecular weight excluding hydrogens is 462 g/mol. The third-order valence-electron chi connectivity index (χ3n) is 4.63. The maximum atomic E-state index is 12.5. The summed E-state index contributed by atoms with van der Waals surface area (Å²) in [5, 5.41) is 7.35. The molecule has 3 aromatic carbocycles. The van der Waals surface area contributed by atoms with Gasteiger partial charge in [0.25, 0.3) is 5.91 Å². The van der Waals surface area contributed by atoms with E-state index in [0.717, 1.165) is 28.2 Å². The number of thiazole rings is 1. The lowest BCUT2D eigenvalue weighted by Crippen LogP contribution is -2.34. The van der Waals surface area contributed by atoms with E-state index in [1.54, 1.807) is 29.5 Å². The van der Waals surface area contributed by atoms with Crippen molar-refractivity contribution >= 4 is 62.1 Å². The predicted molar refractivity (Wildman–Crippen MR) is 135 cm³/mol. The largest absolute Gasteiger partial charge is 0.492 e. The smallest absolute Gasteiger partial charge is 0.257 e. The van der Waals surface area contributed by atoms with Crippen LogP contribution in [0.4, 0.5) is 5.69 Å². The Morgan fingerprint density at radius 3 is 2.62 bits per heavy atom. The van der Waals surface area contributed by atoms with Crippen molar-refractivity contribution < 1.29 is 9.53 Å². The summed E-state index contributed by atoms with van der Waals surface area (Å²) < 4.78 is 6.58. The highest BCUT2D eigenvalue weighted by Gasteiger charge is 2.11. The fraction of sp³-hybridized carbons (Fsp3) is 0.125. The fourth-order valence-corrected chi connectivity index (χ4v) is 4.58. The first kappa shape index (κ1) is 22.2. The second kappa shape index (κ2) is 10.1. The number of nitrogens with one attached hydrogen (secondary N) is 2. The Hall–Kier alpha value is -3.00. The Morgan fingerprint density at radius 1 is 1.12 bits per heavy atom. The molecular formula is C24H20ClN3O2S2. The van der Waals surface area contributed by atoms with E-state index >= 15 is 0 Å². The van der Waals surface area contributed by atoms with Crippen molar-refractivity contribution in [3.8, 4) is 5.75 Å². The zero-order chi connectivity index (χ0) is 22.5. The molecule has 4 rings (SSSR count). The number of carbonyl (C=O) groups is 1. The van der Waals surface area contributed by atoms with Gasteiger partial charge in [-0.1, -0.05) is 35.9 Å². The molecule has 0 aliphatic rings. The van der Waals surface area contributed by atoms with Gasteiger partial charge in [-0.2, -0.15) is 0 Å². The van der Waals surface area contributed by atoms with Gasteiger partial charge in [-0.3, -0.25) is 10.1 Å². The zero-order valence-corrected chi connectivity index (χ0v) is 19.6. The summed E-state index contributed by atoms with van der Waals surface area (Å²) in [7, 11) is 0. The molecule has 32 heavy (non-hydrogen) atoms. The van der Waals surface area contributed by atoms with Crippen LogP contribution in [0, 0.1) is 0 Å². The molecule has 0 aliphatic heterocycles. The summed E-state index contributed by atoms with van der Waals surface area (Å²) in [5.41, 5.74) is 3.36. The minimum absolute atomic E-state index is 0.207. The SMILES string of the molecule is CCOc1ccc(C(=O)NC(=S)Nc2ccc(Cc3nc4ccccc4s3)cc2)cc1Cl. The molecule has 1 aromatic heterocycles. The highest BCUT2D eigenvalue weighted by molar-refractivity contribution is 7.80. The third kappa shape index (κ3) is 5.43. The van der Waals surface area contributed by atoms with E-state index in [1.807, 2.05) is 49.4 Å². The van der Waals surface area contributed by atoms with Crippen LogP contribution in [0.15, 0.2) is 66.7 Å². The van der Waals surface area contributed by atoms with Crippen molar-refractivity contribution in [1.29, 1.82) is 0 Å². The van der Waals surface area contributed by atoms with Gasteiger partial charge in [-0.25, -0.2) is 4.98 Å². The number of thiocarbonyl (C=S) groups is 1. The number of aromatic nitrogens is 1. The first-order valence-electron chi connectivity index (χ1n) is 10.00. The number of carbonyl (C=O) groups excluding carboxylic acids is 1. The number of rotatable bonds is 6. The van der Waals surface area contributed by atoms with E-state index in [-0.39, 0.29) is 11.0 Å². The summed E-state index contributed by atoms with van der Waals surface area (Å²) in [6, 6.07) is 20.9. The lowest BCUT2D eigenvalue weighted by molar-refractivity contribution is 0.0977. The van der Waals surface area contributed by atoms with E-state index in [0.29, 0.717) is 22.9 Å². The van der Waals surface area contributed by atoms with Gasteiger partial charge in [0.1, 0.15) is 5.75 Å². The summed E-state index contributed by atoms with van der Waals surface area (Å²) in [5.74, 6) is 0.192. The van der Waals surface area contributed by atoms with Crippen LogP contribution in [0.25, 0.3) is 10.2 Å². The maximum Gasteiger partial charge on any atom is 0.257 e. The van der Waals surface area contributed by atoms with E-state index < -0.39 is 0 Å². The lowest BCUT2D eigenvalue weighted by atomic mass is 10.1. The Labute approximate surface area is 200 Å². The van der Waals surface area contributed by atoms with Crippen LogP contribution in [0.5, 0.6) is 5.75 Å². The lowest BCUT2D eigenvalue weighted by Gasteiger charge is -2.11. The molecule has 0 saturated carbocycles. The Morgan fingerprint density at radius 2 is 1.91 bits per heavy atom. The number of ether oxygens (including phenoxy) is 1. The fourth-order valence-electron chi connectivity index (χ4n) is 3.13. The van der Waals surface area contributed by atoms with Crippen LogP contribution in [0.3, 0.4) is 0 Å². The van der Waals surface area contributed by atoms with Crippen molar-refractivity contribution in [1.82, 2.24) is 10.3 Å². The number of hydrogen-bond donors (Lipinski definition) is 2. The predicted octanol–water partition coefficient (Wildman–Crippen LogP) is 6.07. The van der Waals surface area contributed by atoms with Crippen LogP contribution >= 0.6 is 35.2 Å². The van der Waals surface area contributed by atoms with E-state index in [9.17, 15) is 4.79 Å². The van der Waals surface area contributed by atoms with Gasteiger partial charge in [0, 0.05) is 17.7 Å². The molecule has 2 N–H and O–H groups in total. The molecule has 8 heteroatoms. The highest BCUT2D eigenvalue weighted by atomic mass is 35.5. The number of benzene rings is 3. The molecule has 0 aliphatic carbocycles. The second-order valence-corrected chi connectivity index (χ2v) is 8.87. The quantitative estimate of drug-likeness (QED) is 0.327. The van der Waals surface area contributed by atoms with E-state index in [4.69, 9.17) is 28.6 Å². The minimum atomic E-state index is -0.347. The minimum Gasteiger partial charge on any atom is -0.492 e. The Kier molecular flexibility index (Phi) is 6.99. The molecule has 0 unspecified atom stereocenters. The van der Waals surface area contributed by atoms with Crippen LogP contribution in [0.2, 0.25) is 5.02 Å². The van der Waals surface area contributed by atoms with Crippen LogP contribution in [-0.2, 0) is 6.42 Å². The molecule has 162 valence electrons. The first-order valence-corrected chi connectivity index (χ1v) is 11.6. The Balaban J connectivity index is 1.34. The normalized spacial score (nSPS) is 10.7. The number of anilines is 1. The average Bonchev–Trinajstić information content (AvgIpc) is 3.19. The molecule has 0 saturated heterocycles. The van der Waals surface area contributed by atoms with Gasteiger partial charge < -0.3 is 10.1 Å². The topological polar surface area (TPSA) is 63.2 Å². The van der Waals surface area contributed by atoms with Crippen molar-refractivity contribution in [2.45, 2.75) is 13.3 Å². The number of para-hydroxylation sites is 1. The molecule has 0 atom stereocenters. The molecule has 4 aromatic rings. The summed E-state index contributed by atoms with van der Waals surface area (Å²) in [6.45, 7) is 2.37. The van der Waals surface area contributed by atoms with Crippen LogP contribution in [-0.4, -0.2) is 22.6 Å². The maximum absolute atomic E-state index is 12.5. The molecule has 5 nitrogen and oxygen atoms in total. The number of nitrogens with zero attached hydrogens (tertiary/aromatic N) is 1. The van der Waals surface area contributed by atoms with Crippen molar-refractivity contribution in [2.75, 3.05) is 11.9 Å². The molecule has 0 radical (unpaired) electrons. The molecule has 0 bridgehead atoms. The highest BCUT2D eigenvalue weighted by Crippen LogP contribution is 2.26. The molecule has 0 spiro atoms. The van der Waals surface area contributed by atoms with Gasteiger partial charge in [-0.05, 0) is 67.2 Å². The zero-order valence-electron chi connectivity index (χ0n) is 17.2. The Bertz CT molecular complexity index is 1240. The molecule has 0 fully saturated rings. The van der Waals surface area contributed by atoms with Gasteiger partial charge in [-0.15, -0.1) is 11.3 Å². The molecule has 1 heterocycles. The molecule has 1 amide bonds. The second-order valence-electron chi connectivity index (χ2n) is 6.94. The number of hydrogen-bond acceptors (Lipinski definition) is 5. The number of fused-ring (bicyclic) bond motifs is 1. The van der Waals surface area contributed by atoms with Gasteiger partial charge in [0.15, 0.2) is 5.11 Å². The van der Waals surface area contributed by atoms with Crippen LogP contribution in [0.1, 0.15) is 27.9 Å². The summed E-state index contributed by atoms with van der Waals surface area (Å²) in [6.07, 6.45) is 0.763. The summed E-state index contributed by atoms with van der Waals surface area (Å²) in [4.78, 5) is 17.1. The van der Waals surface area contributed by atoms with Crippen LogP contribution < -0.4 is 15.4 Å². The van der Waals surface area contributed by atoms with Gasteiger partial charge in [0.05, 0.1) is 26.9 Å². The summed E-state index contributed by atoms with van der Waals surface area (Å²) >= 11 is 13.1. The van der Waals surface area contributed by atoms with Gasteiger partial charge >= 0.3 is 0 Å². The average molecular weight is 482 g/mol. The van der Waals surface area contributed by atoms with Gasteiger partial charge in [0.2, 0.25) is 0 Å². The van der Waals surface area contributed by atoms with Crippen molar-refractivity contribution in [3.05, 3.63) is 87.9 Å². The standard InChI is InChI=1S/C24H20ClN3O2S2/c1-2-30-20-12-9-16(14-18(20)25)23(29)28-24(31)26-17-10-7-15(8-11-17)13-22-27-19-5-3-4-6-21(19)32-22/h3-12,14H,2,13H2,1H3,(H2,26,28,29,31). The first-order chi connectivity index (χ1) is 15.5. The third-order valence-corrected chi connectivity index (χ3v) is 6.16.